The van der Waals surface area contributed by atoms with Crippen LogP contribution in [-0.4, -0.2) is 47.1 Å². The van der Waals surface area contributed by atoms with Gasteiger partial charge in [0.1, 0.15) is 29.6 Å². The van der Waals surface area contributed by atoms with Crippen LogP contribution >= 0.6 is 0 Å². The molecule has 3 aliphatic rings. The number of amides is 4. The first-order chi connectivity index (χ1) is 17.5. The highest BCUT2D eigenvalue weighted by molar-refractivity contribution is 6.10. The number of hydrazone groups is 1. The molecule has 36 heavy (non-hydrogen) atoms. The van der Waals surface area contributed by atoms with Crippen LogP contribution in [0.2, 0.25) is 0 Å². The number of hydrogen-bond acceptors (Lipinski definition) is 6. The Balaban J connectivity index is 1.27. The maximum absolute atomic E-state index is 13.5. The van der Waals surface area contributed by atoms with Gasteiger partial charge in [-0.25, -0.2) is 9.80 Å². The smallest absolute Gasteiger partial charge is 0.325 e. The van der Waals surface area contributed by atoms with Gasteiger partial charge in [0.05, 0.1) is 19.1 Å². The standard InChI is InChI=1S/C27H24N4O5/c1-35-19-10-8-18(9-11-19)21-15-22(23-7-4-14-36-23)31(29-21)24(32)16-30-25(33)27(28-26(30)34)13-12-17-5-2-3-6-20(17)27/h2-11,14,22H,12-13,15-16H2,1H3,(H,28,34). The van der Waals surface area contributed by atoms with Gasteiger partial charge in [-0.3, -0.25) is 14.5 Å². The Morgan fingerprint density at radius 1 is 1.14 bits per heavy atom. The molecular formula is C27H24N4O5. The quantitative estimate of drug-likeness (QED) is 0.560. The van der Waals surface area contributed by atoms with Gasteiger partial charge in [0, 0.05) is 6.42 Å². The minimum Gasteiger partial charge on any atom is -0.497 e. The Hall–Kier alpha value is -4.40. The van der Waals surface area contributed by atoms with Crippen molar-refractivity contribution >= 4 is 23.6 Å². The van der Waals surface area contributed by atoms with Crippen LogP contribution in [0.15, 0.2) is 76.4 Å². The predicted octanol–water partition coefficient (Wildman–Crippen LogP) is 3.36. The highest BCUT2D eigenvalue weighted by Crippen LogP contribution is 2.41. The zero-order valence-corrected chi connectivity index (χ0v) is 19.6. The molecule has 2 aliphatic heterocycles. The first-order valence-electron chi connectivity index (χ1n) is 11.8. The third-order valence-electron chi connectivity index (χ3n) is 7.18. The summed E-state index contributed by atoms with van der Waals surface area (Å²) in [6.07, 6.45) is 3.14. The molecule has 1 spiro atoms. The molecule has 9 nitrogen and oxygen atoms in total. The van der Waals surface area contributed by atoms with Crippen LogP contribution in [-0.2, 0) is 21.5 Å². The summed E-state index contributed by atoms with van der Waals surface area (Å²) in [5.41, 5.74) is 2.26. The fourth-order valence-corrected chi connectivity index (χ4v) is 5.34. The highest BCUT2D eigenvalue weighted by atomic mass is 16.5. The highest BCUT2D eigenvalue weighted by Gasteiger charge is 2.56. The molecule has 182 valence electrons. The van der Waals surface area contributed by atoms with Gasteiger partial charge in [0.15, 0.2) is 0 Å². The molecule has 6 rings (SSSR count). The van der Waals surface area contributed by atoms with Crippen LogP contribution < -0.4 is 10.1 Å². The van der Waals surface area contributed by atoms with E-state index in [4.69, 9.17) is 9.15 Å². The van der Waals surface area contributed by atoms with Gasteiger partial charge in [-0.2, -0.15) is 5.10 Å². The lowest BCUT2D eigenvalue weighted by Gasteiger charge is -2.24. The van der Waals surface area contributed by atoms with Crippen molar-refractivity contribution in [3.8, 4) is 5.75 Å². The monoisotopic (exact) mass is 484 g/mol. The summed E-state index contributed by atoms with van der Waals surface area (Å²) >= 11 is 0. The SMILES string of the molecule is COc1ccc(C2=NN(C(=O)CN3C(=O)NC4(CCc5ccccc54)C3=O)C(c3ccco3)C2)cc1. The number of nitrogens with one attached hydrogen (secondary N) is 1. The molecule has 4 amide bonds. The van der Waals surface area contributed by atoms with Crippen molar-refractivity contribution in [3.63, 3.8) is 0 Å². The molecule has 3 heterocycles. The number of furan rings is 1. The summed E-state index contributed by atoms with van der Waals surface area (Å²) in [7, 11) is 1.60. The summed E-state index contributed by atoms with van der Waals surface area (Å²) in [4.78, 5) is 40.9. The second kappa shape index (κ2) is 8.37. The number of urea groups is 1. The second-order valence-electron chi connectivity index (χ2n) is 9.13. The van der Waals surface area contributed by atoms with Gasteiger partial charge in [-0.15, -0.1) is 0 Å². The number of rotatable bonds is 5. The Labute approximate surface area is 207 Å². The zero-order chi connectivity index (χ0) is 24.9. The van der Waals surface area contributed by atoms with E-state index in [9.17, 15) is 14.4 Å². The molecule has 0 bridgehead atoms. The average Bonchev–Trinajstić information content (AvgIpc) is 3.69. The van der Waals surface area contributed by atoms with Gasteiger partial charge in [0.2, 0.25) is 0 Å². The third kappa shape index (κ3) is 3.38. The van der Waals surface area contributed by atoms with Crippen LogP contribution in [0.5, 0.6) is 5.75 Å². The Morgan fingerprint density at radius 3 is 2.69 bits per heavy atom. The molecule has 2 aromatic carbocycles. The van der Waals surface area contributed by atoms with E-state index >= 15 is 0 Å². The summed E-state index contributed by atoms with van der Waals surface area (Å²) in [5.74, 6) is 0.425. The molecule has 1 N–H and O–H groups in total. The van der Waals surface area contributed by atoms with Crippen LogP contribution in [0.1, 0.15) is 41.3 Å². The van der Waals surface area contributed by atoms with Crippen molar-refractivity contribution in [3.05, 3.63) is 89.4 Å². The molecule has 9 heteroatoms. The maximum Gasteiger partial charge on any atom is 0.325 e. The van der Waals surface area contributed by atoms with E-state index in [-0.39, 0.29) is 0 Å². The predicted molar refractivity (Wildman–Crippen MR) is 129 cm³/mol. The van der Waals surface area contributed by atoms with Gasteiger partial charge < -0.3 is 14.5 Å². The summed E-state index contributed by atoms with van der Waals surface area (Å²) < 4.78 is 10.8. The van der Waals surface area contributed by atoms with Gasteiger partial charge in [-0.1, -0.05) is 24.3 Å². The van der Waals surface area contributed by atoms with E-state index in [1.54, 1.807) is 25.5 Å². The molecule has 1 fully saturated rings. The van der Waals surface area contributed by atoms with Crippen LogP contribution in [0.25, 0.3) is 0 Å². The van der Waals surface area contributed by atoms with E-state index in [1.165, 1.54) is 5.01 Å². The first-order valence-corrected chi connectivity index (χ1v) is 11.8. The summed E-state index contributed by atoms with van der Waals surface area (Å²) in [6.45, 7) is -0.412. The minimum absolute atomic E-state index is 0.404. The second-order valence-corrected chi connectivity index (χ2v) is 9.13. The number of benzene rings is 2. The fourth-order valence-electron chi connectivity index (χ4n) is 5.34. The van der Waals surface area contributed by atoms with Crippen molar-refractivity contribution in [1.29, 1.82) is 0 Å². The minimum atomic E-state index is -1.11. The van der Waals surface area contributed by atoms with E-state index in [0.717, 1.165) is 21.6 Å². The fraction of sp³-hybridized carbons (Fsp3) is 0.259. The van der Waals surface area contributed by atoms with Gasteiger partial charge >= 0.3 is 6.03 Å². The zero-order valence-electron chi connectivity index (χ0n) is 19.6. The Morgan fingerprint density at radius 2 is 1.94 bits per heavy atom. The topological polar surface area (TPSA) is 104 Å². The molecular weight excluding hydrogens is 460 g/mol. The number of imide groups is 1. The van der Waals surface area contributed by atoms with Crippen molar-refractivity contribution < 1.29 is 23.5 Å². The largest absolute Gasteiger partial charge is 0.497 e. The van der Waals surface area contributed by atoms with E-state index in [2.05, 4.69) is 10.4 Å². The molecule has 2 unspecified atom stereocenters. The van der Waals surface area contributed by atoms with Crippen LogP contribution in [0.3, 0.4) is 0 Å². The number of ether oxygens (including phenoxy) is 1. The molecule has 0 saturated carbocycles. The van der Waals surface area contributed by atoms with Crippen LogP contribution in [0, 0.1) is 0 Å². The lowest BCUT2D eigenvalue weighted by molar-refractivity contribution is -0.140. The Kier molecular flexibility index (Phi) is 5.13. The lowest BCUT2D eigenvalue weighted by atomic mass is 9.92. The third-order valence-corrected chi connectivity index (χ3v) is 7.18. The van der Waals surface area contributed by atoms with Crippen molar-refractivity contribution in [2.75, 3.05) is 13.7 Å². The number of carbonyl (C=O) groups is 3. The molecule has 3 aromatic rings. The average molecular weight is 485 g/mol. The number of fused-ring (bicyclic) bond motifs is 2. The van der Waals surface area contributed by atoms with E-state index in [1.807, 2.05) is 48.5 Å². The molecule has 1 aromatic heterocycles. The summed E-state index contributed by atoms with van der Waals surface area (Å²) in [6, 6.07) is 17.5. The van der Waals surface area contributed by atoms with Crippen molar-refractivity contribution in [2.45, 2.75) is 30.8 Å². The van der Waals surface area contributed by atoms with Gasteiger partial charge in [0.25, 0.3) is 11.8 Å². The first kappa shape index (κ1) is 22.1. The molecule has 2 atom stereocenters. The van der Waals surface area contributed by atoms with Crippen molar-refractivity contribution in [1.82, 2.24) is 15.2 Å². The molecule has 1 saturated heterocycles. The normalized spacial score (nSPS) is 22.7. The lowest BCUT2D eigenvalue weighted by Crippen LogP contribution is -2.44. The summed E-state index contributed by atoms with van der Waals surface area (Å²) in [5, 5.41) is 8.79. The number of aryl methyl sites for hydroxylation is 1. The Bertz CT molecular complexity index is 1380. The van der Waals surface area contributed by atoms with E-state index in [0.29, 0.717) is 36.5 Å². The van der Waals surface area contributed by atoms with Crippen molar-refractivity contribution in [2.24, 2.45) is 5.10 Å². The number of carbonyl (C=O) groups excluding carboxylic acids is 3. The molecule has 1 aliphatic carbocycles. The van der Waals surface area contributed by atoms with E-state index < -0.39 is 36.0 Å². The number of hydrogen-bond donors (Lipinski definition) is 1. The molecule has 0 radical (unpaired) electrons. The van der Waals surface area contributed by atoms with Crippen LogP contribution in [0.4, 0.5) is 4.79 Å². The number of methoxy groups -OCH3 is 1. The van der Waals surface area contributed by atoms with Gasteiger partial charge in [-0.05, 0) is 65.9 Å². The number of nitrogens with zero attached hydrogens (tertiary/aromatic N) is 3. The maximum atomic E-state index is 13.5.